The lowest BCUT2D eigenvalue weighted by atomic mass is 10.1. The van der Waals surface area contributed by atoms with Crippen molar-refractivity contribution >= 4 is 11.7 Å². The lowest BCUT2D eigenvalue weighted by Crippen LogP contribution is -2.47. The molecule has 1 aliphatic heterocycles. The van der Waals surface area contributed by atoms with Gasteiger partial charge in [-0.2, -0.15) is 10.4 Å². The molecule has 0 aliphatic carbocycles. The summed E-state index contributed by atoms with van der Waals surface area (Å²) in [5, 5.41) is 13.1. The molecule has 29 heavy (non-hydrogen) atoms. The van der Waals surface area contributed by atoms with Crippen molar-refractivity contribution in [1.29, 1.82) is 5.26 Å². The summed E-state index contributed by atoms with van der Waals surface area (Å²) in [5.41, 5.74) is -0.196. The van der Waals surface area contributed by atoms with E-state index in [0.29, 0.717) is 31.9 Å². The van der Waals surface area contributed by atoms with E-state index in [9.17, 15) is 23.2 Å². The Kier molecular flexibility index (Phi) is 6.39. The first kappa shape index (κ1) is 20.7. The monoisotopic (exact) mass is 407 g/mol. The van der Waals surface area contributed by atoms with Gasteiger partial charge in [0.15, 0.2) is 0 Å². The Morgan fingerprint density at radius 1 is 1.31 bits per heavy atom. The van der Waals surface area contributed by atoms with Gasteiger partial charge in [0.25, 0.3) is 6.43 Å². The van der Waals surface area contributed by atoms with E-state index in [0.717, 1.165) is 10.9 Å². The van der Waals surface area contributed by atoms with Gasteiger partial charge in [0.2, 0.25) is 0 Å². The fourth-order valence-corrected chi connectivity index (χ4v) is 3.31. The average molecular weight is 407 g/mol. The largest absolute Gasteiger partial charge is 0.462 e. The number of halogens is 3. The minimum Gasteiger partial charge on any atom is -0.462 e. The first-order valence-electron chi connectivity index (χ1n) is 9.13. The van der Waals surface area contributed by atoms with Crippen LogP contribution >= 0.6 is 0 Å². The highest BCUT2D eigenvalue weighted by Crippen LogP contribution is 2.26. The van der Waals surface area contributed by atoms with E-state index >= 15 is 0 Å². The Hall–Kier alpha value is -3.06. The molecule has 0 atom stereocenters. The summed E-state index contributed by atoms with van der Waals surface area (Å²) in [7, 11) is 0. The van der Waals surface area contributed by atoms with E-state index in [-0.39, 0.29) is 24.4 Å². The molecule has 2 heterocycles. The van der Waals surface area contributed by atoms with Crippen LogP contribution < -0.4 is 4.90 Å². The molecule has 154 valence electrons. The Morgan fingerprint density at radius 2 is 2.03 bits per heavy atom. The summed E-state index contributed by atoms with van der Waals surface area (Å²) >= 11 is 0. The molecule has 1 aromatic heterocycles. The highest BCUT2D eigenvalue weighted by atomic mass is 19.3. The molecule has 0 N–H and O–H groups in total. The fraction of sp³-hybridized carbons (Fsp3) is 0.421. The Morgan fingerprint density at radius 3 is 2.66 bits per heavy atom. The molecule has 3 rings (SSSR count). The van der Waals surface area contributed by atoms with E-state index in [1.807, 2.05) is 15.9 Å². The summed E-state index contributed by atoms with van der Waals surface area (Å²) in [4.78, 5) is 15.7. The quantitative estimate of drug-likeness (QED) is 0.686. The van der Waals surface area contributed by atoms with Crippen LogP contribution in [-0.4, -0.2) is 53.4 Å². The number of nitriles is 1. The first-order valence-corrected chi connectivity index (χ1v) is 9.13. The Bertz CT molecular complexity index is 917. The van der Waals surface area contributed by atoms with Crippen molar-refractivity contribution in [3.63, 3.8) is 0 Å². The third-order valence-electron chi connectivity index (χ3n) is 4.73. The second-order valence-corrected chi connectivity index (χ2v) is 6.46. The number of benzene rings is 1. The molecule has 0 saturated carbocycles. The van der Waals surface area contributed by atoms with E-state index in [2.05, 4.69) is 5.10 Å². The van der Waals surface area contributed by atoms with Gasteiger partial charge in [-0.15, -0.1) is 0 Å². The van der Waals surface area contributed by atoms with Crippen molar-refractivity contribution in [2.45, 2.75) is 20.0 Å². The van der Waals surface area contributed by atoms with Gasteiger partial charge in [-0.05, 0) is 19.1 Å². The average Bonchev–Trinajstić information content (AvgIpc) is 3.12. The standard InChI is InChI=1S/C19H20F3N5O2/c1-2-29-19(28)14-11-24-27(17(14)18(21)22)12-25-6-8-26(9-7-25)16-5-3-4-15(20)13(16)10-23/h3-5,11,18H,2,6-9,12H2,1H3. The molecule has 1 aliphatic rings. The van der Waals surface area contributed by atoms with Crippen molar-refractivity contribution in [2.75, 3.05) is 37.7 Å². The lowest BCUT2D eigenvalue weighted by Gasteiger charge is -2.36. The SMILES string of the molecule is CCOC(=O)c1cnn(CN2CCN(c3cccc(F)c3C#N)CC2)c1C(F)F. The van der Waals surface area contributed by atoms with Crippen LogP contribution in [0.5, 0.6) is 0 Å². The third-order valence-corrected chi connectivity index (χ3v) is 4.73. The van der Waals surface area contributed by atoms with Gasteiger partial charge in [0, 0.05) is 26.2 Å². The van der Waals surface area contributed by atoms with E-state index < -0.39 is 23.9 Å². The molecule has 1 saturated heterocycles. The molecular formula is C19H20F3N5O2. The normalized spacial score (nSPS) is 14.8. The molecule has 0 radical (unpaired) electrons. The predicted molar refractivity (Wildman–Crippen MR) is 98.0 cm³/mol. The van der Waals surface area contributed by atoms with Crippen LogP contribution in [0.25, 0.3) is 0 Å². The summed E-state index contributed by atoms with van der Waals surface area (Å²) in [6.45, 7) is 3.75. The van der Waals surface area contributed by atoms with Crippen LogP contribution in [0.15, 0.2) is 24.4 Å². The summed E-state index contributed by atoms with van der Waals surface area (Å²) in [6, 6.07) is 6.36. The molecular weight excluding hydrogens is 387 g/mol. The second-order valence-electron chi connectivity index (χ2n) is 6.46. The van der Waals surface area contributed by atoms with E-state index in [4.69, 9.17) is 4.74 Å². The van der Waals surface area contributed by atoms with Crippen molar-refractivity contribution < 1.29 is 22.7 Å². The van der Waals surface area contributed by atoms with Crippen LogP contribution in [-0.2, 0) is 11.4 Å². The highest BCUT2D eigenvalue weighted by molar-refractivity contribution is 5.90. The van der Waals surface area contributed by atoms with E-state index in [1.165, 1.54) is 6.07 Å². The number of aromatic nitrogens is 2. The molecule has 0 amide bonds. The zero-order valence-corrected chi connectivity index (χ0v) is 15.8. The maximum Gasteiger partial charge on any atom is 0.341 e. The minimum absolute atomic E-state index is 0.00732. The zero-order chi connectivity index (χ0) is 21.0. The molecule has 0 bridgehead atoms. The molecule has 1 aromatic carbocycles. The topological polar surface area (TPSA) is 74.4 Å². The van der Waals surface area contributed by atoms with Gasteiger partial charge in [-0.25, -0.2) is 22.6 Å². The molecule has 7 nitrogen and oxygen atoms in total. The number of hydrogen-bond acceptors (Lipinski definition) is 6. The smallest absolute Gasteiger partial charge is 0.341 e. The van der Waals surface area contributed by atoms with Gasteiger partial charge in [0.1, 0.15) is 28.7 Å². The van der Waals surface area contributed by atoms with Gasteiger partial charge in [-0.1, -0.05) is 6.07 Å². The van der Waals surface area contributed by atoms with Crippen molar-refractivity contribution in [2.24, 2.45) is 0 Å². The molecule has 0 unspecified atom stereocenters. The lowest BCUT2D eigenvalue weighted by molar-refractivity contribution is 0.0511. The van der Waals surface area contributed by atoms with Crippen molar-refractivity contribution in [3.8, 4) is 6.07 Å². The molecule has 2 aromatic rings. The number of ether oxygens (including phenoxy) is 1. The Labute approximate surface area is 165 Å². The van der Waals surface area contributed by atoms with E-state index in [1.54, 1.807) is 19.1 Å². The number of anilines is 1. The first-order chi connectivity index (χ1) is 14.0. The van der Waals surface area contributed by atoms with Gasteiger partial charge in [-0.3, -0.25) is 4.90 Å². The van der Waals surface area contributed by atoms with Crippen molar-refractivity contribution in [3.05, 3.63) is 47.0 Å². The number of piperazine rings is 1. The number of hydrogen-bond donors (Lipinski definition) is 0. The number of esters is 1. The number of carbonyl (C=O) groups is 1. The van der Waals surface area contributed by atoms with Crippen LogP contribution in [0.1, 0.15) is 35.0 Å². The third kappa shape index (κ3) is 4.35. The van der Waals surface area contributed by atoms with Gasteiger partial charge < -0.3 is 9.64 Å². The number of rotatable bonds is 6. The van der Waals surface area contributed by atoms with Crippen LogP contribution in [0, 0.1) is 17.1 Å². The molecule has 1 fully saturated rings. The minimum atomic E-state index is -2.87. The number of carbonyl (C=O) groups excluding carboxylic acids is 1. The Balaban J connectivity index is 1.70. The zero-order valence-electron chi connectivity index (χ0n) is 15.8. The molecule has 10 heteroatoms. The second kappa shape index (κ2) is 8.96. The number of alkyl halides is 2. The van der Waals surface area contributed by atoms with Crippen molar-refractivity contribution in [1.82, 2.24) is 14.7 Å². The summed E-state index contributed by atoms with van der Waals surface area (Å²) in [6.07, 6.45) is -1.77. The van der Waals surface area contributed by atoms with Gasteiger partial charge >= 0.3 is 5.97 Å². The highest BCUT2D eigenvalue weighted by Gasteiger charge is 2.27. The molecule has 0 spiro atoms. The van der Waals surface area contributed by atoms with Crippen LogP contribution in [0.3, 0.4) is 0 Å². The van der Waals surface area contributed by atoms with Crippen LogP contribution in [0.2, 0.25) is 0 Å². The summed E-state index contributed by atoms with van der Waals surface area (Å²) in [5.74, 6) is -1.40. The van der Waals surface area contributed by atoms with Crippen LogP contribution in [0.4, 0.5) is 18.9 Å². The maximum atomic E-state index is 13.8. The maximum absolute atomic E-state index is 13.8. The fourth-order valence-electron chi connectivity index (χ4n) is 3.31. The predicted octanol–water partition coefficient (Wildman–Crippen LogP) is 2.79. The van der Waals surface area contributed by atoms with Gasteiger partial charge in [0.05, 0.1) is 25.2 Å². The summed E-state index contributed by atoms with van der Waals surface area (Å²) < 4.78 is 46.8. The number of nitrogens with zero attached hydrogens (tertiary/aromatic N) is 5.